The van der Waals surface area contributed by atoms with Crippen LogP contribution < -0.4 is 10.6 Å². The third-order valence-corrected chi connectivity index (χ3v) is 7.63. The second-order valence-electron chi connectivity index (χ2n) is 8.16. The van der Waals surface area contributed by atoms with Gasteiger partial charge in [-0.3, -0.25) is 4.99 Å². The zero-order chi connectivity index (χ0) is 25.4. The van der Waals surface area contributed by atoms with Crippen LogP contribution >= 0.6 is 0 Å². The molecule has 2 N–H and O–H groups in total. The van der Waals surface area contributed by atoms with Gasteiger partial charge in [0.1, 0.15) is 0 Å². The van der Waals surface area contributed by atoms with Crippen LogP contribution in [0, 0.1) is 0 Å². The predicted molar refractivity (Wildman–Crippen MR) is 147 cm³/mol. The first-order valence-electron chi connectivity index (χ1n) is 11.8. The van der Waals surface area contributed by atoms with Crippen LogP contribution in [0.4, 0.5) is 11.6 Å². The van der Waals surface area contributed by atoms with Crippen molar-refractivity contribution in [2.24, 2.45) is 4.99 Å². The fourth-order valence-electron chi connectivity index (χ4n) is 3.77. The van der Waals surface area contributed by atoms with Gasteiger partial charge in [0.25, 0.3) is 0 Å². The van der Waals surface area contributed by atoms with E-state index in [1.54, 1.807) is 42.9 Å². The molecule has 0 unspecified atom stereocenters. The molecule has 0 radical (unpaired) electrons. The third kappa shape index (κ3) is 6.31. The number of sulfonamides is 1. The highest BCUT2D eigenvalue weighted by Gasteiger charge is 2.25. The number of aromatic nitrogens is 2. The Bertz CT molecular complexity index is 1340. The second-order valence-corrected chi connectivity index (χ2v) is 10.1. The van der Waals surface area contributed by atoms with Crippen molar-refractivity contribution in [3.05, 3.63) is 83.7 Å². The van der Waals surface area contributed by atoms with Crippen LogP contribution in [0.5, 0.6) is 0 Å². The molecule has 0 spiro atoms. The first kappa shape index (κ1) is 25.4. The van der Waals surface area contributed by atoms with Gasteiger partial charge in [-0.25, -0.2) is 18.4 Å². The summed E-state index contributed by atoms with van der Waals surface area (Å²) in [5.74, 6) is 0.435. The smallest absolute Gasteiger partial charge is 0.243 e. The lowest BCUT2D eigenvalue weighted by molar-refractivity contribution is 0.360. The van der Waals surface area contributed by atoms with Crippen LogP contribution in [0.1, 0.15) is 30.5 Å². The SMILES string of the molecule is CC=N/C(=C\C)c1ccc(/C=C/c2cnc(Nc3ccc(S(=O)(=O)N4CCNCC4)cc3)nc2)cc1. The standard InChI is InChI=1S/C27H30N6O2S/c1-3-26(29-4-2)23-9-7-21(8-10-23)5-6-22-19-30-27(31-20-22)32-24-11-13-25(14-12-24)36(34,35)33-17-15-28-16-18-33/h3-14,19-20,28H,15-18H2,1-2H3,(H,30,31,32)/b6-5+,26-3-,29-4?. The maximum Gasteiger partial charge on any atom is 0.243 e. The summed E-state index contributed by atoms with van der Waals surface area (Å²) in [7, 11) is -3.48. The van der Waals surface area contributed by atoms with Gasteiger partial charge in [-0.2, -0.15) is 4.31 Å². The number of rotatable bonds is 8. The minimum Gasteiger partial charge on any atom is -0.324 e. The molecule has 36 heavy (non-hydrogen) atoms. The number of aliphatic imine (C=N–C) groups is 1. The Labute approximate surface area is 212 Å². The van der Waals surface area contributed by atoms with E-state index in [4.69, 9.17) is 0 Å². The van der Waals surface area contributed by atoms with E-state index in [0.29, 0.717) is 37.8 Å². The van der Waals surface area contributed by atoms with Crippen molar-refractivity contribution < 1.29 is 8.42 Å². The number of nitrogens with zero attached hydrogens (tertiary/aromatic N) is 4. The summed E-state index contributed by atoms with van der Waals surface area (Å²) < 4.78 is 27.1. The van der Waals surface area contributed by atoms with E-state index in [-0.39, 0.29) is 4.90 Å². The first-order chi connectivity index (χ1) is 17.5. The van der Waals surface area contributed by atoms with Crippen molar-refractivity contribution in [2.75, 3.05) is 31.5 Å². The zero-order valence-electron chi connectivity index (χ0n) is 20.4. The highest BCUT2D eigenvalue weighted by molar-refractivity contribution is 7.89. The van der Waals surface area contributed by atoms with E-state index < -0.39 is 10.0 Å². The summed E-state index contributed by atoms with van der Waals surface area (Å²) >= 11 is 0. The molecule has 0 saturated carbocycles. The van der Waals surface area contributed by atoms with Crippen molar-refractivity contribution in [3.63, 3.8) is 0 Å². The van der Waals surface area contributed by atoms with Crippen LogP contribution in [-0.4, -0.2) is 55.1 Å². The number of hydrogen-bond acceptors (Lipinski definition) is 7. The van der Waals surface area contributed by atoms with Gasteiger partial charge < -0.3 is 10.6 Å². The molecule has 0 atom stereocenters. The van der Waals surface area contributed by atoms with Gasteiger partial charge in [0.2, 0.25) is 16.0 Å². The van der Waals surface area contributed by atoms with Crippen molar-refractivity contribution in [1.29, 1.82) is 0 Å². The van der Waals surface area contributed by atoms with Crippen LogP contribution in [-0.2, 0) is 10.0 Å². The van der Waals surface area contributed by atoms with Crippen molar-refractivity contribution in [3.8, 4) is 0 Å². The quantitative estimate of drug-likeness (QED) is 0.442. The Hall–Kier alpha value is -3.66. The van der Waals surface area contributed by atoms with E-state index in [1.165, 1.54) is 4.31 Å². The summed E-state index contributed by atoms with van der Waals surface area (Å²) in [4.78, 5) is 13.4. The third-order valence-electron chi connectivity index (χ3n) is 5.71. The predicted octanol–water partition coefficient (Wildman–Crippen LogP) is 4.44. The van der Waals surface area contributed by atoms with Crippen molar-refractivity contribution >= 4 is 45.7 Å². The van der Waals surface area contributed by atoms with Gasteiger partial charge in [0.05, 0.1) is 10.6 Å². The highest BCUT2D eigenvalue weighted by Crippen LogP contribution is 2.21. The summed E-state index contributed by atoms with van der Waals surface area (Å²) in [6.07, 6.45) is 11.2. The molecule has 8 nitrogen and oxygen atoms in total. The average molecular weight is 503 g/mol. The molecule has 4 rings (SSSR count). The summed E-state index contributed by atoms with van der Waals surface area (Å²) in [6, 6.07) is 14.8. The molecule has 1 aliphatic heterocycles. The molecule has 0 amide bonds. The van der Waals surface area contributed by atoms with Gasteiger partial charge in [-0.15, -0.1) is 0 Å². The molecule has 1 fully saturated rings. The number of nitrogens with one attached hydrogen (secondary N) is 2. The summed E-state index contributed by atoms with van der Waals surface area (Å²) in [6.45, 7) is 6.17. The van der Waals surface area contributed by atoms with E-state index in [1.807, 2.05) is 56.3 Å². The normalized spacial score (nSPS) is 15.6. The number of anilines is 2. The van der Waals surface area contributed by atoms with Gasteiger partial charge in [0.15, 0.2) is 0 Å². The molecule has 186 valence electrons. The summed E-state index contributed by atoms with van der Waals surface area (Å²) in [5, 5.41) is 6.28. The molecule has 0 bridgehead atoms. The van der Waals surface area contributed by atoms with E-state index in [9.17, 15) is 8.42 Å². The van der Waals surface area contributed by atoms with E-state index in [2.05, 4.69) is 25.6 Å². The van der Waals surface area contributed by atoms with Crippen LogP contribution in [0.3, 0.4) is 0 Å². The Morgan fingerprint density at radius 2 is 1.58 bits per heavy atom. The Kier molecular flexibility index (Phi) is 8.37. The van der Waals surface area contributed by atoms with E-state index in [0.717, 1.165) is 22.4 Å². The fourth-order valence-corrected chi connectivity index (χ4v) is 5.22. The lowest BCUT2D eigenvalue weighted by Crippen LogP contribution is -2.46. The summed E-state index contributed by atoms with van der Waals surface area (Å²) in [5.41, 5.74) is 4.66. The van der Waals surface area contributed by atoms with Crippen molar-refractivity contribution in [1.82, 2.24) is 19.6 Å². The average Bonchev–Trinajstić information content (AvgIpc) is 2.92. The van der Waals surface area contributed by atoms with Crippen molar-refractivity contribution in [2.45, 2.75) is 18.7 Å². The topological polar surface area (TPSA) is 99.6 Å². The molecule has 1 aliphatic rings. The molecule has 1 saturated heterocycles. The fraction of sp³-hybridized carbons (Fsp3) is 0.222. The zero-order valence-corrected chi connectivity index (χ0v) is 21.2. The highest BCUT2D eigenvalue weighted by atomic mass is 32.2. The maximum absolute atomic E-state index is 12.8. The van der Waals surface area contributed by atoms with Crippen LogP contribution in [0.25, 0.3) is 17.8 Å². The number of allylic oxidation sites excluding steroid dienone is 1. The molecule has 2 heterocycles. The molecule has 0 aliphatic carbocycles. The molecular formula is C27H30N6O2S. The number of piperazine rings is 1. The van der Waals surface area contributed by atoms with Gasteiger partial charge in [-0.1, -0.05) is 42.5 Å². The Morgan fingerprint density at radius 3 is 2.19 bits per heavy atom. The maximum atomic E-state index is 12.8. The molecule has 2 aromatic carbocycles. The van der Waals surface area contributed by atoms with E-state index >= 15 is 0 Å². The largest absolute Gasteiger partial charge is 0.324 e. The van der Waals surface area contributed by atoms with Gasteiger partial charge in [0, 0.05) is 56.0 Å². The Morgan fingerprint density at radius 1 is 0.944 bits per heavy atom. The van der Waals surface area contributed by atoms with Gasteiger partial charge >= 0.3 is 0 Å². The van der Waals surface area contributed by atoms with Crippen LogP contribution in [0.15, 0.2) is 76.9 Å². The minimum absolute atomic E-state index is 0.282. The molecule has 3 aromatic rings. The first-order valence-corrected chi connectivity index (χ1v) is 13.3. The lowest BCUT2D eigenvalue weighted by Gasteiger charge is -2.26. The molecule has 9 heteroatoms. The Balaban J connectivity index is 1.37. The van der Waals surface area contributed by atoms with Gasteiger partial charge in [-0.05, 0) is 49.2 Å². The monoisotopic (exact) mass is 502 g/mol. The molecule has 1 aromatic heterocycles. The van der Waals surface area contributed by atoms with Crippen LogP contribution in [0.2, 0.25) is 0 Å². The number of hydrogen-bond donors (Lipinski definition) is 2. The number of benzene rings is 2. The molecular weight excluding hydrogens is 472 g/mol. The lowest BCUT2D eigenvalue weighted by atomic mass is 10.1. The minimum atomic E-state index is -3.48. The second kappa shape index (κ2) is 11.9.